The Balaban J connectivity index is 1.55. The van der Waals surface area contributed by atoms with Gasteiger partial charge in [-0.3, -0.25) is 4.79 Å². The third-order valence-corrected chi connectivity index (χ3v) is 5.34. The number of benzene rings is 2. The summed E-state index contributed by atoms with van der Waals surface area (Å²) in [7, 11) is 0. The number of aromatic nitrogens is 4. The van der Waals surface area contributed by atoms with Gasteiger partial charge < -0.3 is 5.32 Å². The molecule has 0 radical (unpaired) electrons. The topological polar surface area (TPSA) is 72.7 Å². The molecule has 3 rings (SSSR count). The third-order valence-electron chi connectivity index (χ3n) is 4.42. The second-order valence-corrected chi connectivity index (χ2v) is 7.47. The first kappa shape index (κ1) is 20.1. The Labute approximate surface area is 169 Å². The van der Waals surface area contributed by atoms with Crippen molar-refractivity contribution in [1.82, 2.24) is 20.2 Å². The van der Waals surface area contributed by atoms with E-state index in [1.165, 1.54) is 35.7 Å². The number of hydrogen-bond acceptors (Lipinski definition) is 5. The molecule has 0 aliphatic carbocycles. The number of anilines is 1. The molecule has 146 valence electrons. The highest BCUT2D eigenvalue weighted by molar-refractivity contribution is 7.99. The zero-order valence-electron chi connectivity index (χ0n) is 16.3. The minimum atomic E-state index is -0.0813. The molecule has 6 nitrogen and oxygen atoms in total. The van der Waals surface area contributed by atoms with Gasteiger partial charge in [-0.2, -0.15) is 4.68 Å². The maximum atomic E-state index is 12.3. The van der Waals surface area contributed by atoms with Gasteiger partial charge in [-0.1, -0.05) is 56.3 Å². The lowest BCUT2D eigenvalue weighted by molar-refractivity contribution is -0.113. The fraction of sp³-hybridized carbons (Fsp3) is 0.333. The van der Waals surface area contributed by atoms with Crippen LogP contribution < -0.4 is 5.32 Å². The van der Waals surface area contributed by atoms with E-state index in [9.17, 15) is 4.79 Å². The van der Waals surface area contributed by atoms with Gasteiger partial charge in [-0.25, -0.2) is 0 Å². The van der Waals surface area contributed by atoms with Gasteiger partial charge in [0.2, 0.25) is 11.1 Å². The summed E-state index contributed by atoms with van der Waals surface area (Å²) in [5.74, 6) is 0.160. The summed E-state index contributed by atoms with van der Waals surface area (Å²) in [4.78, 5) is 12.3. The number of aryl methyl sites for hydroxylation is 2. The normalized spacial score (nSPS) is 10.8. The molecule has 0 unspecified atom stereocenters. The van der Waals surface area contributed by atoms with Crippen molar-refractivity contribution in [2.24, 2.45) is 0 Å². The van der Waals surface area contributed by atoms with Crippen molar-refractivity contribution in [1.29, 1.82) is 0 Å². The highest BCUT2D eigenvalue weighted by Gasteiger charge is 2.12. The molecular weight excluding hydrogens is 370 g/mol. The number of unbranched alkanes of at least 4 members (excludes halogenated alkanes) is 1. The molecule has 0 aliphatic rings. The zero-order valence-corrected chi connectivity index (χ0v) is 17.1. The maximum absolute atomic E-state index is 12.3. The first-order chi connectivity index (χ1) is 13.7. The van der Waals surface area contributed by atoms with Crippen LogP contribution in [-0.4, -0.2) is 31.9 Å². The average molecular weight is 396 g/mol. The second-order valence-electron chi connectivity index (χ2n) is 6.53. The van der Waals surface area contributed by atoms with Crippen molar-refractivity contribution in [3.05, 3.63) is 59.7 Å². The number of hydrogen-bond donors (Lipinski definition) is 1. The van der Waals surface area contributed by atoms with Crippen LogP contribution in [0.1, 0.15) is 37.8 Å². The van der Waals surface area contributed by atoms with Gasteiger partial charge in [-0.05, 0) is 65.1 Å². The lowest BCUT2D eigenvalue weighted by Crippen LogP contribution is -2.14. The van der Waals surface area contributed by atoms with Crippen LogP contribution in [-0.2, 0) is 17.6 Å². The van der Waals surface area contributed by atoms with Crippen LogP contribution in [0, 0.1) is 0 Å². The van der Waals surface area contributed by atoms with E-state index < -0.39 is 0 Å². The molecule has 1 amide bonds. The molecule has 0 atom stereocenters. The van der Waals surface area contributed by atoms with Crippen LogP contribution in [0.4, 0.5) is 5.69 Å². The summed E-state index contributed by atoms with van der Waals surface area (Å²) in [5.41, 5.74) is 4.24. The van der Waals surface area contributed by atoms with E-state index in [-0.39, 0.29) is 11.7 Å². The zero-order chi connectivity index (χ0) is 19.8. The Kier molecular flexibility index (Phi) is 7.19. The van der Waals surface area contributed by atoms with Gasteiger partial charge in [0.1, 0.15) is 0 Å². The summed E-state index contributed by atoms with van der Waals surface area (Å²) in [6, 6.07) is 16.1. The molecule has 1 N–H and O–H groups in total. The molecule has 0 spiro atoms. The molecule has 0 fully saturated rings. The Hall–Kier alpha value is -2.67. The summed E-state index contributed by atoms with van der Waals surface area (Å²) < 4.78 is 1.65. The monoisotopic (exact) mass is 395 g/mol. The van der Waals surface area contributed by atoms with E-state index in [2.05, 4.69) is 59.0 Å². The van der Waals surface area contributed by atoms with Gasteiger partial charge in [0.15, 0.2) is 0 Å². The molecule has 0 saturated heterocycles. The van der Waals surface area contributed by atoms with E-state index >= 15 is 0 Å². The standard InChI is InChI=1S/C21H25N5OS/c1-3-5-6-17-7-11-18(12-8-17)22-20(27)15-28-21-23-24-25-26(21)19-13-9-16(4-2)10-14-19/h7-14H,3-6,15H2,1-2H3,(H,22,27). The molecule has 1 heterocycles. The van der Waals surface area contributed by atoms with E-state index in [1.807, 2.05) is 24.3 Å². The maximum Gasteiger partial charge on any atom is 0.234 e. The van der Waals surface area contributed by atoms with Crippen molar-refractivity contribution in [2.75, 3.05) is 11.1 Å². The largest absolute Gasteiger partial charge is 0.325 e. The van der Waals surface area contributed by atoms with E-state index in [0.29, 0.717) is 5.16 Å². The van der Waals surface area contributed by atoms with Crippen LogP contribution in [0.25, 0.3) is 5.69 Å². The van der Waals surface area contributed by atoms with Crippen LogP contribution in [0.3, 0.4) is 0 Å². The Morgan fingerprint density at radius 1 is 1.04 bits per heavy atom. The number of nitrogens with one attached hydrogen (secondary N) is 1. The van der Waals surface area contributed by atoms with Gasteiger partial charge in [0.25, 0.3) is 0 Å². The molecule has 2 aromatic carbocycles. The predicted molar refractivity (Wildman–Crippen MR) is 113 cm³/mol. The minimum Gasteiger partial charge on any atom is -0.325 e. The van der Waals surface area contributed by atoms with Crippen molar-refractivity contribution in [3.8, 4) is 5.69 Å². The predicted octanol–water partition coefficient (Wildman–Crippen LogP) is 4.30. The number of carbonyl (C=O) groups is 1. The van der Waals surface area contributed by atoms with Crippen molar-refractivity contribution in [3.63, 3.8) is 0 Å². The average Bonchev–Trinajstić information content (AvgIpc) is 3.20. The number of nitrogens with zero attached hydrogens (tertiary/aromatic N) is 4. The summed E-state index contributed by atoms with van der Waals surface area (Å²) in [5, 5.41) is 15.3. The van der Waals surface area contributed by atoms with Gasteiger partial charge in [0, 0.05) is 5.69 Å². The van der Waals surface area contributed by atoms with E-state index in [4.69, 9.17) is 0 Å². The molecular formula is C21H25N5OS. The number of amides is 1. The smallest absolute Gasteiger partial charge is 0.234 e. The first-order valence-electron chi connectivity index (χ1n) is 9.59. The first-order valence-corrected chi connectivity index (χ1v) is 10.6. The van der Waals surface area contributed by atoms with Crippen molar-refractivity contribution < 1.29 is 4.79 Å². The van der Waals surface area contributed by atoms with E-state index in [1.54, 1.807) is 4.68 Å². The van der Waals surface area contributed by atoms with Crippen LogP contribution in [0.15, 0.2) is 53.7 Å². The molecule has 28 heavy (non-hydrogen) atoms. The number of rotatable bonds is 9. The fourth-order valence-corrected chi connectivity index (χ4v) is 3.46. The van der Waals surface area contributed by atoms with Gasteiger partial charge in [0.05, 0.1) is 11.4 Å². The molecule has 7 heteroatoms. The SMILES string of the molecule is CCCCc1ccc(NC(=O)CSc2nnnn2-c2ccc(CC)cc2)cc1. The quantitative estimate of drug-likeness (QED) is 0.547. The van der Waals surface area contributed by atoms with E-state index in [0.717, 1.165) is 24.2 Å². The van der Waals surface area contributed by atoms with Crippen LogP contribution >= 0.6 is 11.8 Å². The second kappa shape index (κ2) is 10.0. The molecule has 0 saturated carbocycles. The fourth-order valence-electron chi connectivity index (χ4n) is 2.77. The Morgan fingerprint density at radius 2 is 1.75 bits per heavy atom. The van der Waals surface area contributed by atoms with Crippen molar-refractivity contribution in [2.45, 2.75) is 44.7 Å². The summed E-state index contributed by atoms with van der Waals surface area (Å²) in [6.07, 6.45) is 4.41. The summed E-state index contributed by atoms with van der Waals surface area (Å²) in [6.45, 7) is 4.30. The lowest BCUT2D eigenvalue weighted by Gasteiger charge is -2.07. The van der Waals surface area contributed by atoms with Crippen molar-refractivity contribution >= 4 is 23.4 Å². The number of thioether (sulfide) groups is 1. The summed E-state index contributed by atoms with van der Waals surface area (Å²) >= 11 is 1.31. The Bertz CT molecular complexity index is 890. The lowest BCUT2D eigenvalue weighted by atomic mass is 10.1. The number of tetrazole rings is 1. The highest BCUT2D eigenvalue weighted by Crippen LogP contribution is 2.19. The van der Waals surface area contributed by atoms with Crippen LogP contribution in [0.2, 0.25) is 0 Å². The Morgan fingerprint density at radius 3 is 2.43 bits per heavy atom. The molecule has 0 aliphatic heterocycles. The van der Waals surface area contributed by atoms with Crippen LogP contribution in [0.5, 0.6) is 0 Å². The molecule has 3 aromatic rings. The number of carbonyl (C=O) groups excluding carboxylic acids is 1. The van der Waals surface area contributed by atoms with Gasteiger partial charge in [-0.15, -0.1) is 5.10 Å². The third kappa shape index (κ3) is 5.42. The molecule has 0 bridgehead atoms. The molecule has 1 aromatic heterocycles. The highest BCUT2D eigenvalue weighted by atomic mass is 32.2. The van der Waals surface area contributed by atoms with Gasteiger partial charge >= 0.3 is 0 Å². The minimum absolute atomic E-state index is 0.0813.